The van der Waals surface area contributed by atoms with E-state index in [-0.39, 0.29) is 5.91 Å². The number of nitrogens with one attached hydrogen (secondary N) is 1. The van der Waals surface area contributed by atoms with E-state index < -0.39 is 6.04 Å². The van der Waals surface area contributed by atoms with E-state index in [0.29, 0.717) is 12.0 Å². The normalized spacial score (nSPS) is 11.8. The van der Waals surface area contributed by atoms with Crippen LogP contribution in [0, 0.1) is 11.3 Å². The number of carbonyl (C=O) groups is 1. The molecule has 0 aromatic heterocycles. The fourth-order valence-electron chi connectivity index (χ4n) is 2.12. The number of hydrogen-bond donors (Lipinski definition) is 1. The van der Waals surface area contributed by atoms with Gasteiger partial charge >= 0.3 is 0 Å². The van der Waals surface area contributed by atoms with Crippen LogP contribution in [-0.4, -0.2) is 11.9 Å². The number of hydrogen-bond acceptors (Lipinski definition) is 2. The SMILES string of the molecule is CCCC(C#N)NC(=O)c1cccc2ccccc12. The van der Waals surface area contributed by atoms with Crippen molar-refractivity contribution < 1.29 is 4.79 Å². The van der Waals surface area contributed by atoms with Crippen molar-refractivity contribution in [2.24, 2.45) is 0 Å². The zero-order valence-corrected chi connectivity index (χ0v) is 10.9. The highest BCUT2D eigenvalue weighted by Gasteiger charge is 2.14. The monoisotopic (exact) mass is 252 g/mol. The summed E-state index contributed by atoms with van der Waals surface area (Å²) in [5, 5.41) is 13.7. The molecule has 0 aliphatic heterocycles. The van der Waals surface area contributed by atoms with Gasteiger partial charge in [0.25, 0.3) is 5.91 Å². The first-order chi connectivity index (χ1) is 9.26. The molecule has 0 aliphatic carbocycles. The lowest BCUT2D eigenvalue weighted by Crippen LogP contribution is -2.33. The Morgan fingerprint density at radius 3 is 2.74 bits per heavy atom. The Hall–Kier alpha value is -2.34. The fraction of sp³-hybridized carbons (Fsp3) is 0.250. The van der Waals surface area contributed by atoms with Gasteiger partial charge in [0.2, 0.25) is 0 Å². The van der Waals surface area contributed by atoms with E-state index in [4.69, 9.17) is 5.26 Å². The van der Waals surface area contributed by atoms with E-state index in [1.807, 2.05) is 43.3 Å². The lowest BCUT2D eigenvalue weighted by atomic mass is 10.0. The van der Waals surface area contributed by atoms with Gasteiger partial charge < -0.3 is 5.32 Å². The number of carbonyl (C=O) groups excluding carboxylic acids is 1. The van der Waals surface area contributed by atoms with Gasteiger partial charge in [-0.2, -0.15) is 5.26 Å². The van der Waals surface area contributed by atoms with Crippen LogP contribution in [0.4, 0.5) is 0 Å². The van der Waals surface area contributed by atoms with Gasteiger partial charge in [0.15, 0.2) is 0 Å². The summed E-state index contributed by atoms with van der Waals surface area (Å²) < 4.78 is 0. The van der Waals surface area contributed by atoms with Crippen LogP contribution in [0.3, 0.4) is 0 Å². The van der Waals surface area contributed by atoms with Crippen LogP contribution >= 0.6 is 0 Å². The van der Waals surface area contributed by atoms with Crippen LogP contribution in [0.25, 0.3) is 10.8 Å². The third-order valence-corrected chi connectivity index (χ3v) is 3.07. The lowest BCUT2D eigenvalue weighted by Gasteiger charge is -2.12. The number of nitrogens with zero attached hydrogens (tertiary/aromatic N) is 1. The fourth-order valence-corrected chi connectivity index (χ4v) is 2.12. The summed E-state index contributed by atoms with van der Waals surface area (Å²) in [5.74, 6) is -0.184. The summed E-state index contributed by atoms with van der Waals surface area (Å²) in [5.41, 5.74) is 0.620. The second-order valence-electron chi connectivity index (χ2n) is 4.47. The van der Waals surface area contributed by atoms with Crippen LogP contribution < -0.4 is 5.32 Å². The Kier molecular flexibility index (Phi) is 4.15. The van der Waals surface area contributed by atoms with Crippen LogP contribution in [-0.2, 0) is 0 Å². The topological polar surface area (TPSA) is 52.9 Å². The molecule has 3 nitrogen and oxygen atoms in total. The third-order valence-electron chi connectivity index (χ3n) is 3.07. The van der Waals surface area contributed by atoms with Crippen molar-refractivity contribution in [1.29, 1.82) is 5.26 Å². The second kappa shape index (κ2) is 6.01. The Balaban J connectivity index is 2.29. The van der Waals surface area contributed by atoms with Crippen molar-refractivity contribution in [3.8, 4) is 6.07 Å². The van der Waals surface area contributed by atoms with E-state index in [2.05, 4.69) is 11.4 Å². The van der Waals surface area contributed by atoms with E-state index in [1.165, 1.54) is 0 Å². The Morgan fingerprint density at radius 2 is 2.00 bits per heavy atom. The van der Waals surface area contributed by atoms with Crippen LogP contribution in [0.1, 0.15) is 30.1 Å². The molecule has 0 aliphatic rings. The Labute approximate surface area is 112 Å². The maximum Gasteiger partial charge on any atom is 0.252 e. The maximum absolute atomic E-state index is 12.2. The van der Waals surface area contributed by atoms with Gasteiger partial charge in [-0.3, -0.25) is 4.79 Å². The van der Waals surface area contributed by atoms with Gasteiger partial charge in [-0.05, 0) is 23.3 Å². The van der Waals surface area contributed by atoms with Crippen molar-refractivity contribution >= 4 is 16.7 Å². The van der Waals surface area contributed by atoms with E-state index in [9.17, 15) is 4.79 Å². The molecule has 1 amide bonds. The van der Waals surface area contributed by atoms with Crippen molar-refractivity contribution in [2.45, 2.75) is 25.8 Å². The minimum Gasteiger partial charge on any atom is -0.336 e. The quantitative estimate of drug-likeness (QED) is 0.908. The van der Waals surface area contributed by atoms with Gasteiger partial charge in [-0.25, -0.2) is 0 Å². The summed E-state index contributed by atoms with van der Waals surface area (Å²) in [4.78, 5) is 12.2. The van der Waals surface area contributed by atoms with Crippen molar-refractivity contribution in [2.75, 3.05) is 0 Å². The summed E-state index contributed by atoms with van der Waals surface area (Å²) >= 11 is 0. The highest BCUT2D eigenvalue weighted by Crippen LogP contribution is 2.18. The Morgan fingerprint density at radius 1 is 1.26 bits per heavy atom. The molecule has 0 bridgehead atoms. The first kappa shape index (κ1) is 13.1. The van der Waals surface area contributed by atoms with Crippen LogP contribution in [0.2, 0.25) is 0 Å². The molecule has 0 saturated carbocycles. The molecule has 1 unspecified atom stereocenters. The number of amides is 1. The molecule has 0 spiro atoms. The van der Waals surface area contributed by atoms with E-state index >= 15 is 0 Å². The van der Waals surface area contributed by atoms with E-state index in [0.717, 1.165) is 17.2 Å². The van der Waals surface area contributed by atoms with Gasteiger partial charge in [0.1, 0.15) is 6.04 Å². The van der Waals surface area contributed by atoms with Crippen molar-refractivity contribution in [3.05, 3.63) is 48.0 Å². The highest BCUT2D eigenvalue weighted by atomic mass is 16.1. The average Bonchev–Trinajstić information content (AvgIpc) is 2.46. The van der Waals surface area contributed by atoms with E-state index in [1.54, 1.807) is 6.07 Å². The number of nitriles is 1. The molecule has 96 valence electrons. The summed E-state index contributed by atoms with van der Waals surface area (Å²) in [6, 6.07) is 15.1. The Bertz CT molecular complexity index is 623. The zero-order chi connectivity index (χ0) is 13.7. The first-order valence-electron chi connectivity index (χ1n) is 6.44. The molecular weight excluding hydrogens is 236 g/mol. The van der Waals surface area contributed by atoms with Gasteiger partial charge in [0, 0.05) is 5.56 Å². The molecule has 1 N–H and O–H groups in total. The van der Waals surface area contributed by atoms with Gasteiger partial charge in [-0.15, -0.1) is 0 Å². The van der Waals surface area contributed by atoms with Crippen LogP contribution in [0.5, 0.6) is 0 Å². The molecule has 1 atom stereocenters. The molecular formula is C16H16N2O. The number of rotatable bonds is 4. The molecule has 2 aromatic rings. The third kappa shape index (κ3) is 2.92. The first-order valence-corrected chi connectivity index (χ1v) is 6.44. The van der Waals surface area contributed by atoms with Crippen molar-refractivity contribution in [3.63, 3.8) is 0 Å². The minimum absolute atomic E-state index is 0.184. The van der Waals surface area contributed by atoms with Crippen molar-refractivity contribution in [1.82, 2.24) is 5.32 Å². The van der Waals surface area contributed by atoms with Gasteiger partial charge in [0.05, 0.1) is 6.07 Å². The summed E-state index contributed by atoms with van der Waals surface area (Å²) in [6.07, 6.45) is 1.54. The molecule has 19 heavy (non-hydrogen) atoms. The predicted octanol–water partition coefficient (Wildman–Crippen LogP) is 3.26. The zero-order valence-electron chi connectivity index (χ0n) is 10.9. The molecule has 2 aromatic carbocycles. The minimum atomic E-state index is -0.420. The second-order valence-corrected chi connectivity index (χ2v) is 4.47. The van der Waals surface area contributed by atoms with Gasteiger partial charge in [-0.1, -0.05) is 49.7 Å². The number of benzene rings is 2. The largest absolute Gasteiger partial charge is 0.336 e. The molecule has 0 radical (unpaired) electrons. The molecule has 3 heteroatoms. The molecule has 0 heterocycles. The lowest BCUT2D eigenvalue weighted by molar-refractivity contribution is 0.0945. The molecule has 2 rings (SSSR count). The maximum atomic E-state index is 12.2. The number of fused-ring (bicyclic) bond motifs is 1. The van der Waals surface area contributed by atoms with Crippen LogP contribution in [0.15, 0.2) is 42.5 Å². The predicted molar refractivity (Wildman–Crippen MR) is 75.7 cm³/mol. The standard InChI is InChI=1S/C16H16N2O/c1-2-6-13(11-17)18-16(19)15-10-5-8-12-7-3-4-9-14(12)15/h3-5,7-10,13H,2,6H2,1H3,(H,18,19). The molecule has 0 saturated heterocycles. The average molecular weight is 252 g/mol. The highest BCUT2D eigenvalue weighted by molar-refractivity contribution is 6.07. The molecule has 0 fully saturated rings. The summed E-state index contributed by atoms with van der Waals surface area (Å²) in [6.45, 7) is 1.99. The smallest absolute Gasteiger partial charge is 0.252 e. The summed E-state index contributed by atoms with van der Waals surface area (Å²) in [7, 11) is 0.